The molecule has 22 heteroatoms. The van der Waals surface area contributed by atoms with E-state index in [1.807, 2.05) is 70.0 Å². The van der Waals surface area contributed by atoms with Crippen LogP contribution in [-0.4, -0.2) is 199 Å². The van der Waals surface area contributed by atoms with Gasteiger partial charge in [-0.2, -0.15) is 13.2 Å². The van der Waals surface area contributed by atoms with Crippen molar-refractivity contribution in [3.63, 3.8) is 0 Å². The first kappa shape index (κ1) is 58.9. The minimum atomic E-state index is -4.59. The Kier molecular flexibility index (Phi) is 16.9. The molecule has 2 aromatic rings. The molecule has 6 fully saturated rings. The summed E-state index contributed by atoms with van der Waals surface area (Å²) < 4.78 is 57.6. The van der Waals surface area contributed by atoms with E-state index >= 15 is 13.2 Å². The molecule has 2 saturated carbocycles. The fraction of sp³-hybridized carbons (Fsp3) is 0.700. The van der Waals surface area contributed by atoms with Crippen LogP contribution in [0.3, 0.4) is 0 Å². The number of likely N-dealkylation sites (tertiary alicyclic amines) is 2. The minimum absolute atomic E-state index is 0.0887. The van der Waals surface area contributed by atoms with Crippen LogP contribution in [0.2, 0.25) is 0 Å². The number of carbonyl (C=O) groups is 4. The van der Waals surface area contributed by atoms with Crippen molar-refractivity contribution in [1.29, 1.82) is 0 Å². The van der Waals surface area contributed by atoms with Crippen molar-refractivity contribution in [2.45, 2.75) is 152 Å². The van der Waals surface area contributed by atoms with Gasteiger partial charge < -0.3 is 39.9 Å². The van der Waals surface area contributed by atoms with Crippen molar-refractivity contribution < 1.29 is 46.9 Å². The minimum Gasteiger partial charge on any atom is -0.464 e. The number of aliphatic hydroxyl groups is 1. The van der Waals surface area contributed by atoms with Gasteiger partial charge in [0.25, 0.3) is 5.91 Å². The Morgan fingerprint density at radius 2 is 1.74 bits per heavy atom. The number of rotatable bonds is 14. The number of ether oxygens (including phenoxy) is 2. The number of nitrogens with zero attached hydrogens (tertiary/aromatic N) is 8. The first-order valence-corrected chi connectivity index (χ1v) is 31.0. The fourth-order valence-corrected chi connectivity index (χ4v) is 15.2. The summed E-state index contributed by atoms with van der Waals surface area (Å²) in [6.45, 7) is 14.3. The van der Waals surface area contributed by atoms with Crippen molar-refractivity contribution >= 4 is 58.1 Å². The molecular weight excluding hydrogens is 1080 g/mol. The van der Waals surface area contributed by atoms with E-state index in [9.17, 15) is 24.3 Å². The third kappa shape index (κ3) is 12.5. The number of aromatic nitrogens is 1. The number of carbonyl (C=O) groups excluding carboxylic acids is 4. The number of piperazine rings is 1. The van der Waals surface area contributed by atoms with Crippen molar-refractivity contribution in [3.8, 4) is 0 Å². The van der Waals surface area contributed by atoms with Crippen LogP contribution in [0.5, 0.6) is 0 Å². The molecule has 2 unspecified atom stereocenters. The number of aliphatic hydroxyl groups excluding tert-OH is 1. The Labute approximate surface area is 484 Å². The highest BCUT2D eigenvalue weighted by Crippen LogP contribution is 2.53. The molecule has 3 amide bonds. The van der Waals surface area contributed by atoms with Crippen LogP contribution in [0.4, 0.5) is 24.5 Å². The predicted octanol–water partition coefficient (Wildman–Crippen LogP) is 5.70. The lowest BCUT2D eigenvalue weighted by Gasteiger charge is -2.37. The zero-order valence-corrected chi connectivity index (χ0v) is 49.5. The number of benzene rings is 1. The lowest BCUT2D eigenvalue weighted by atomic mass is 9.85. The van der Waals surface area contributed by atoms with Crippen LogP contribution in [-0.2, 0) is 28.7 Å². The maximum absolute atomic E-state index is 15.2. The number of cyclic esters (lactones) is 1. The molecule has 2 aliphatic carbocycles. The van der Waals surface area contributed by atoms with Crippen LogP contribution in [0.25, 0.3) is 5.57 Å². The largest absolute Gasteiger partial charge is 0.464 e. The van der Waals surface area contributed by atoms with Gasteiger partial charge in [0, 0.05) is 105 Å². The fourth-order valence-electron chi connectivity index (χ4n) is 14.0. The lowest BCUT2D eigenvalue weighted by Crippen LogP contribution is -2.62. The molecule has 4 N–H and O–H groups in total. The highest BCUT2D eigenvalue weighted by Gasteiger charge is 2.51. The van der Waals surface area contributed by atoms with E-state index in [4.69, 9.17) is 19.5 Å². The number of likely N-dealkylation sites (N-methyl/N-ethyl adjacent to an activating group) is 1. The zero-order valence-electron chi connectivity index (χ0n) is 48.7. The summed E-state index contributed by atoms with van der Waals surface area (Å²) in [5.41, 5.74) is 7.08. The van der Waals surface area contributed by atoms with Crippen molar-refractivity contribution in [1.82, 2.24) is 40.8 Å². The van der Waals surface area contributed by atoms with Gasteiger partial charge in [-0.3, -0.25) is 44.0 Å². The number of amides is 3. The molecule has 1 aromatic carbocycles. The molecule has 8 heterocycles. The summed E-state index contributed by atoms with van der Waals surface area (Å²) in [6, 6.07) is 4.02. The molecule has 4 saturated heterocycles. The number of methoxy groups -OCH3 is 1. The second kappa shape index (κ2) is 23.6. The van der Waals surface area contributed by atoms with Crippen molar-refractivity contribution in [2.75, 3.05) is 102 Å². The standard InChI is InChI=1S/C60H84F3N11O7S/c1-35(2)51(71-19-16-59(31-71)17-20-72(32-59)56(78)50(64-6)53(75)37-10-11-37)54(76)67-45-27-48-66-46(30-82-48)38-12-15-47-41(25-38)43(28-58(4,5)34-81-57(79)44-9-8-18-74(68-44)55(45)77)52(73(47)33-60(61,62)63)42-26-40(29-65-49(42)36(3)80-7)70-23-21-69(22-24-70)39-13-14-39/h12,15,25-26,28-29,35-37,39,44-45,48,50-53,64,68,75H,8-11,13-14,16-24,27,30-34H2,1-7H3,(H,67,76)/b43-28+/t36-,44-,45-,48?,50+,51-,52?,53-,59-/m0/s1. The summed E-state index contributed by atoms with van der Waals surface area (Å²) in [5.74, 6) is -0.881. The molecule has 82 heavy (non-hydrogen) atoms. The first-order chi connectivity index (χ1) is 39.1. The Bertz CT molecular complexity index is 2800. The number of hydrogen-bond donors (Lipinski definition) is 4. The summed E-state index contributed by atoms with van der Waals surface area (Å²) >= 11 is 1.54. The van der Waals surface area contributed by atoms with Crippen LogP contribution in [0, 0.1) is 22.7 Å². The van der Waals surface area contributed by atoms with Gasteiger partial charge in [0.1, 0.15) is 24.7 Å². The maximum Gasteiger partial charge on any atom is 0.405 e. The van der Waals surface area contributed by atoms with Gasteiger partial charge in [-0.1, -0.05) is 39.8 Å². The molecule has 9 atom stereocenters. The third-order valence-electron chi connectivity index (χ3n) is 18.8. The summed E-state index contributed by atoms with van der Waals surface area (Å²) in [6.07, 6.45) is 4.76. The molecule has 7 aliphatic heterocycles. The smallest absolute Gasteiger partial charge is 0.405 e. The van der Waals surface area contributed by atoms with Gasteiger partial charge >= 0.3 is 12.1 Å². The molecule has 1 aromatic heterocycles. The number of fused-ring (bicyclic) bond motifs is 5. The Hall–Kier alpha value is -4.84. The SMILES string of the molecule is CN[C@@H](C(=O)N1CC[C@]2(CCN([C@H](C(=O)N[C@H]3CC4N=C(CS4)c4ccc5c(c4)/C(=C\C(C)(C)COC(=O)[C@@H]4CCCN(N4)C3=O)C(c3cc(N4CCN(C6CC6)CC4)cnc3[C@H](C)OC)N5CC(F)(F)F)C(C)C)C2)C1)[C@@H](O)C1CC1. The van der Waals surface area contributed by atoms with Gasteiger partial charge in [0.2, 0.25) is 11.8 Å². The second-order valence-corrected chi connectivity index (χ2v) is 27.0. The number of hydrogen-bond acceptors (Lipinski definition) is 16. The van der Waals surface area contributed by atoms with Gasteiger partial charge in [-0.15, -0.1) is 11.8 Å². The third-order valence-corrected chi connectivity index (χ3v) is 19.9. The summed E-state index contributed by atoms with van der Waals surface area (Å²) in [4.78, 5) is 78.4. The van der Waals surface area contributed by atoms with Crippen molar-refractivity contribution in [2.24, 2.45) is 27.7 Å². The van der Waals surface area contributed by atoms with E-state index in [1.54, 1.807) is 20.2 Å². The van der Waals surface area contributed by atoms with Gasteiger partial charge in [-0.05, 0) is 113 Å². The Balaban J connectivity index is 0.902. The average molecular weight is 1160 g/mol. The van der Waals surface area contributed by atoms with E-state index in [0.717, 1.165) is 68.8 Å². The number of pyridine rings is 1. The maximum atomic E-state index is 15.2. The molecule has 1 spiro atoms. The Morgan fingerprint density at radius 3 is 2.44 bits per heavy atom. The number of alkyl halides is 3. The second-order valence-electron chi connectivity index (χ2n) is 25.8. The van der Waals surface area contributed by atoms with E-state index in [0.29, 0.717) is 85.4 Å². The molecule has 18 nitrogen and oxygen atoms in total. The zero-order chi connectivity index (χ0) is 58.0. The molecule has 9 aliphatic rings. The van der Waals surface area contributed by atoms with E-state index < -0.39 is 77.8 Å². The molecule has 0 radical (unpaired) electrons. The summed E-state index contributed by atoms with van der Waals surface area (Å²) in [7, 11) is 3.29. The average Bonchev–Trinajstić information content (AvgIpc) is 2.97. The van der Waals surface area contributed by atoms with Crippen LogP contribution < -0.4 is 25.9 Å². The number of nitrogens with one attached hydrogen (secondary N) is 3. The van der Waals surface area contributed by atoms with Gasteiger partial charge in [0.05, 0.1) is 59.6 Å². The summed E-state index contributed by atoms with van der Waals surface area (Å²) in [5, 5.41) is 18.2. The number of halogens is 3. The number of anilines is 2. The number of aliphatic imine (C=N–C) groups is 1. The molecule has 11 rings (SSSR count). The van der Waals surface area contributed by atoms with Gasteiger partial charge in [-0.25, -0.2) is 5.43 Å². The van der Waals surface area contributed by atoms with Crippen LogP contribution in [0.1, 0.15) is 127 Å². The van der Waals surface area contributed by atoms with Crippen LogP contribution >= 0.6 is 11.8 Å². The quantitative estimate of drug-likeness (QED) is 0.169. The monoisotopic (exact) mass is 1160 g/mol. The topological polar surface area (TPSA) is 188 Å². The Morgan fingerprint density at radius 1 is 0.988 bits per heavy atom. The first-order valence-electron chi connectivity index (χ1n) is 30.0. The van der Waals surface area contributed by atoms with Crippen molar-refractivity contribution in [3.05, 3.63) is 58.9 Å². The van der Waals surface area contributed by atoms with E-state index in [2.05, 4.69) is 30.8 Å². The molecule has 6 bridgehead atoms. The number of esters is 1. The highest BCUT2D eigenvalue weighted by atomic mass is 32.2. The number of thioether (sulfide) groups is 1. The van der Waals surface area contributed by atoms with Crippen LogP contribution in [0.15, 0.2) is 41.5 Å². The molecule has 448 valence electrons. The lowest BCUT2D eigenvalue weighted by molar-refractivity contribution is -0.155. The number of hydrazine groups is 1. The predicted molar refractivity (Wildman–Crippen MR) is 309 cm³/mol. The normalized spacial score (nSPS) is 29.5. The highest BCUT2D eigenvalue weighted by molar-refractivity contribution is 8.00. The van der Waals surface area contributed by atoms with Gasteiger partial charge in [0.15, 0.2) is 0 Å². The molecular formula is C60H84F3N11O7S. The van der Waals surface area contributed by atoms with E-state index in [-0.39, 0.29) is 42.1 Å². The van der Waals surface area contributed by atoms with E-state index in [1.165, 1.54) is 34.5 Å².